The number of nitrogen functional groups attached to an aromatic ring is 1. The Morgan fingerprint density at radius 2 is 2.11 bits per heavy atom. The van der Waals surface area contributed by atoms with Crippen molar-refractivity contribution < 1.29 is 0 Å². The van der Waals surface area contributed by atoms with Gasteiger partial charge in [-0.15, -0.1) is 11.3 Å². The van der Waals surface area contributed by atoms with Gasteiger partial charge in [-0.05, 0) is 0 Å². The van der Waals surface area contributed by atoms with Gasteiger partial charge in [-0.2, -0.15) is 0 Å². The van der Waals surface area contributed by atoms with Crippen LogP contribution < -0.4 is 10.6 Å². The van der Waals surface area contributed by atoms with Crippen LogP contribution in [0, 0.1) is 0 Å². The minimum absolute atomic E-state index is 0.431. The number of nitrogens with zero attached hydrogens (tertiary/aromatic N) is 4. The smallest absolute Gasteiger partial charge is 0.149 e. The maximum Gasteiger partial charge on any atom is 0.149 e. The molecule has 2 rings (SSSR count). The molecule has 0 aliphatic rings. The van der Waals surface area contributed by atoms with Gasteiger partial charge in [0.1, 0.15) is 11.6 Å². The quantitative estimate of drug-likeness (QED) is 0.916. The van der Waals surface area contributed by atoms with Crippen LogP contribution in [0.25, 0.3) is 0 Å². The van der Waals surface area contributed by atoms with E-state index in [0.29, 0.717) is 18.3 Å². The summed E-state index contributed by atoms with van der Waals surface area (Å²) in [6, 6.07) is 0. The first-order chi connectivity index (χ1) is 8.56. The lowest BCUT2D eigenvalue weighted by Crippen LogP contribution is -2.18. The Morgan fingerprint density at radius 1 is 1.33 bits per heavy atom. The Bertz CT molecular complexity index is 523. The third-order valence-electron chi connectivity index (χ3n) is 2.49. The summed E-state index contributed by atoms with van der Waals surface area (Å²) in [7, 11) is 1.96. The van der Waals surface area contributed by atoms with Crippen molar-refractivity contribution in [2.24, 2.45) is 0 Å². The van der Waals surface area contributed by atoms with Crippen LogP contribution in [0.1, 0.15) is 30.5 Å². The van der Waals surface area contributed by atoms with E-state index in [1.807, 2.05) is 11.9 Å². The molecular formula is C12H17N5S. The SMILES string of the molecule is CC(C)c1nc(CN(C)c2cncc(N)n2)cs1. The van der Waals surface area contributed by atoms with Crippen LogP contribution in [0.3, 0.4) is 0 Å². The monoisotopic (exact) mass is 263 g/mol. The van der Waals surface area contributed by atoms with Crippen molar-refractivity contribution in [3.8, 4) is 0 Å². The van der Waals surface area contributed by atoms with E-state index in [9.17, 15) is 0 Å². The van der Waals surface area contributed by atoms with Crippen molar-refractivity contribution in [2.45, 2.75) is 26.3 Å². The van der Waals surface area contributed by atoms with E-state index in [-0.39, 0.29) is 0 Å². The third kappa shape index (κ3) is 2.95. The number of rotatable bonds is 4. The van der Waals surface area contributed by atoms with Crippen molar-refractivity contribution in [3.05, 3.63) is 28.5 Å². The zero-order chi connectivity index (χ0) is 13.1. The fourth-order valence-corrected chi connectivity index (χ4v) is 2.36. The van der Waals surface area contributed by atoms with Crippen LogP contribution >= 0.6 is 11.3 Å². The van der Waals surface area contributed by atoms with Crippen LogP contribution in [0.4, 0.5) is 11.6 Å². The molecule has 0 saturated carbocycles. The zero-order valence-electron chi connectivity index (χ0n) is 10.8. The molecule has 0 aromatic carbocycles. The van der Waals surface area contributed by atoms with E-state index < -0.39 is 0 Å². The molecule has 6 heteroatoms. The summed E-state index contributed by atoms with van der Waals surface area (Å²) >= 11 is 1.70. The average molecular weight is 263 g/mol. The average Bonchev–Trinajstić information content (AvgIpc) is 2.77. The Labute approximate surface area is 111 Å². The topological polar surface area (TPSA) is 67.9 Å². The summed E-state index contributed by atoms with van der Waals surface area (Å²) in [6.07, 6.45) is 3.24. The van der Waals surface area contributed by atoms with Gasteiger partial charge in [-0.1, -0.05) is 13.8 Å². The molecule has 0 aliphatic heterocycles. The normalized spacial score (nSPS) is 10.9. The molecule has 2 N–H and O–H groups in total. The number of anilines is 2. The van der Waals surface area contributed by atoms with E-state index in [1.165, 1.54) is 6.20 Å². The van der Waals surface area contributed by atoms with E-state index in [4.69, 9.17) is 5.73 Å². The molecule has 0 radical (unpaired) electrons. The molecule has 0 atom stereocenters. The maximum absolute atomic E-state index is 5.62. The second kappa shape index (κ2) is 5.30. The molecule has 0 saturated heterocycles. The molecule has 2 aromatic heterocycles. The number of thiazole rings is 1. The number of hydrogen-bond donors (Lipinski definition) is 1. The van der Waals surface area contributed by atoms with Gasteiger partial charge < -0.3 is 10.6 Å². The molecule has 0 aliphatic carbocycles. The Balaban J connectivity index is 2.08. The largest absolute Gasteiger partial charge is 0.382 e. The van der Waals surface area contributed by atoms with Crippen LogP contribution in [-0.4, -0.2) is 22.0 Å². The van der Waals surface area contributed by atoms with Crippen molar-refractivity contribution in [1.82, 2.24) is 15.0 Å². The molecule has 0 unspecified atom stereocenters. The minimum Gasteiger partial charge on any atom is -0.382 e. The molecule has 2 aromatic rings. The van der Waals surface area contributed by atoms with Crippen LogP contribution in [0.15, 0.2) is 17.8 Å². The Hall–Kier alpha value is -1.69. The summed E-state index contributed by atoms with van der Waals surface area (Å²) in [5.41, 5.74) is 6.67. The van der Waals surface area contributed by atoms with E-state index in [2.05, 4.69) is 34.2 Å². The van der Waals surface area contributed by atoms with Gasteiger partial charge in [0.25, 0.3) is 0 Å². The predicted molar refractivity (Wildman–Crippen MR) is 74.8 cm³/mol. The van der Waals surface area contributed by atoms with Gasteiger partial charge in [-0.3, -0.25) is 4.98 Å². The molecule has 96 valence electrons. The van der Waals surface area contributed by atoms with Gasteiger partial charge >= 0.3 is 0 Å². The van der Waals surface area contributed by atoms with Crippen LogP contribution in [-0.2, 0) is 6.54 Å². The van der Waals surface area contributed by atoms with Crippen molar-refractivity contribution >= 4 is 23.0 Å². The molecule has 0 bridgehead atoms. The Morgan fingerprint density at radius 3 is 2.72 bits per heavy atom. The lowest BCUT2D eigenvalue weighted by Gasteiger charge is -2.16. The van der Waals surface area contributed by atoms with Crippen molar-refractivity contribution in [3.63, 3.8) is 0 Å². The van der Waals surface area contributed by atoms with Crippen LogP contribution in [0.2, 0.25) is 0 Å². The highest BCUT2D eigenvalue weighted by molar-refractivity contribution is 7.09. The van der Waals surface area contributed by atoms with E-state index in [1.54, 1.807) is 17.5 Å². The second-order valence-electron chi connectivity index (χ2n) is 4.49. The summed E-state index contributed by atoms with van der Waals surface area (Å²) in [5.74, 6) is 1.66. The fraction of sp³-hybridized carbons (Fsp3) is 0.417. The summed E-state index contributed by atoms with van der Waals surface area (Å²) < 4.78 is 0. The highest BCUT2D eigenvalue weighted by atomic mass is 32.1. The van der Waals surface area contributed by atoms with E-state index in [0.717, 1.165) is 16.5 Å². The third-order valence-corrected chi connectivity index (χ3v) is 3.69. The number of hydrogen-bond acceptors (Lipinski definition) is 6. The van der Waals surface area contributed by atoms with Gasteiger partial charge in [0, 0.05) is 18.3 Å². The first-order valence-corrected chi connectivity index (χ1v) is 6.67. The van der Waals surface area contributed by atoms with Gasteiger partial charge in [0.05, 0.1) is 29.6 Å². The fourth-order valence-electron chi connectivity index (χ4n) is 1.54. The first-order valence-electron chi connectivity index (χ1n) is 5.79. The molecular weight excluding hydrogens is 246 g/mol. The first kappa shape index (κ1) is 12.8. The van der Waals surface area contributed by atoms with Crippen molar-refractivity contribution in [1.29, 1.82) is 0 Å². The summed E-state index contributed by atoms with van der Waals surface area (Å²) in [6.45, 7) is 5.01. The minimum atomic E-state index is 0.431. The molecule has 0 fully saturated rings. The lowest BCUT2D eigenvalue weighted by atomic mass is 10.2. The highest BCUT2D eigenvalue weighted by Gasteiger charge is 2.09. The summed E-state index contributed by atoms with van der Waals surface area (Å²) in [5, 5.41) is 3.25. The van der Waals surface area contributed by atoms with Gasteiger partial charge in [0.2, 0.25) is 0 Å². The number of nitrogens with two attached hydrogens (primary N) is 1. The van der Waals surface area contributed by atoms with Crippen LogP contribution in [0.5, 0.6) is 0 Å². The highest BCUT2D eigenvalue weighted by Crippen LogP contribution is 2.20. The van der Waals surface area contributed by atoms with Crippen molar-refractivity contribution in [2.75, 3.05) is 17.7 Å². The molecule has 0 spiro atoms. The summed E-state index contributed by atoms with van der Waals surface area (Å²) in [4.78, 5) is 14.8. The Kier molecular flexibility index (Phi) is 3.76. The standard InChI is InChI=1S/C12H17N5S/c1-8(2)12-15-9(7-18-12)6-17(3)11-5-14-4-10(13)16-11/h4-5,7-8H,6H2,1-3H3,(H2,13,16). The molecule has 18 heavy (non-hydrogen) atoms. The molecule has 0 amide bonds. The lowest BCUT2D eigenvalue weighted by molar-refractivity contribution is 0.818. The molecule has 2 heterocycles. The van der Waals surface area contributed by atoms with Gasteiger partial charge in [-0.25, -0.2) is 9.97 Å². The maximum atomic E-state index is 5.62. The molecule has 5 nitrogen and oxygen atoms in total. The number of aromatic nitrogens is 3. The zero-order valence-corrected chi connectivity index (χ0v) is 11.6. The van der Waals surface area contributed by atoms with Gasteiger partial charge in [0.15, 0.2) is 0 Å². The second-order valence-corrected chi connectivity index (χ2v) is 5.38. The predicted octanol–water partition coefficient (Wildman–Crippen LogP) is 2.28. The van der Waals surface area contributed by atoms with E-state index >= 15 is 0 Å².